The predicted molar refractivity (Wildman–Crippen MR) is 158 cm³/mol. The minimum absolute atomic E-state index is 0.0210. The van der Waals surface area contributed by atoms with Crippen LogP contribution in [0.1, 0.15) is 62.7 Å². The molecule has 5 heterocycles. The molecule has 8 nitrogen and oxygen atoms in total. The van der Waals surface area contributed by atoms with Crippen LogP contribution in [0.5, 0.6) is 0 Å². The monoisotopic (exact) mass is 549 g/mol. The Bertz CT molecular complexity index is 1730. The van der Waals surface area contributed by atoms with E-state index in [2.05, 4.69) is 22.0 Å². The van der Waals surface area contributed by atoms with Crippen molar-refractivity contribution in [3.8, 4) is 11.1 Å². The highest BCUT2D eigenvalue weighted by atomic mass is 16.3. The Balaban J connectivity index is 1.24. The summed E-state index contributed by atoms with van der Waals surface area (Å²) in [5.74, 6) is -0.0210. The van der Waals surface area contributed by atoms with E-state index in [9.17, 15) is 14.7 Å². The van der Waals surface area contributed by atoms with Crippen LogP contribution in [0.3, 0.4) is 0 Å². The van der Waals surface area contributed by atoms with Gasteiger partial charge in [-0.15, -0.1) is 0 Å². The van der Waals surface area contributed by atoms with Gasteiger partial charge < -0.3 is 24.5 Å². The molecule has 8 heteroatoms. The van der Waals surface area contributed by atoms with Crippen molar-refractivity contribution < 1.29 is 9.90 Å². The number of nitrogens with one attached hydrogen (secondary N) is 1. The van der Waals surface area contributed by atoms with E-state index in [-0.39, 0.29) is 18.1 Å². The highest BCUT2D eigenvalue weighted by Crippen LogP contribution is 2.35. The Labute approximate surface area is 239 Å². The number of fused-ring (bicyclic) bond motifs is 4. The number of hydrogen-bond donors (Lipinski definition) is 2. The molecule has 0 bridgehead atoms. The second-order valence-electron chi connectivity index (χ2n) is 11.5. The fourth-order valence-electron chi connectivity index (χ4n) is 6.86. The SMILES string of the molecule is Cn1cc(-c2cccc(N3CCn4c(cc5c4CCCC5)C3=O)c2CO)cc(Cc2ccc3c(n2)CCNC3)c1=O. The summed E-state index contributed by atoms with van der Waals surface area (Å²) < 4.78 is 3.81. The van der Waals surface area contributed by atoms with E-state index in [4.69, 9.17) is 4.98 Å². The third-order valence-electron chi connectivity index (χ3n) is 8.94. The zero-order valence-corrected chi connectivity index (χ0v) is 23.4. The zero-order valence-electron chi connectivity index (χ0n) is 23.4. The van der Waals surface area contributed by atoms with Gasteiger partial charge in [-0.25, -0.2) is 0 Å². The normalized spacial score (nSPS) is 16.3. The van der Waals surface area contributed by atoms with Gasteiger partial charge in [-0.1, -0.05) is 18.2 Å². The van der Waals surface area contributed by atoms with Gasteiger partial charge in [0.05, 0.1) is 12.3 Å². The molecule has 1 aliphatic carbocycles. The number of rotatable bonds is 5. The Morgan fingerprint density at radius 1 is 1.00 bits per heavy atom. The Morgan fingerprint density at radius 2 is 1.88 bits per heavy atom. The number of anilines is 1. The van der Waals surface area contributed by atoms with Crippen molar-refractivity contribution in [2.24, 2.45) is 7.05 Å². The predicted octanol–water partition coefficient (Wildman–Crippen LogP) is 3.52. The highest BCUT2D eigenvalue weighted by molar-refractivity contribution is 6.07. The van der Waals surface area contributed by atoms with Crippen LogP contribution in [-0.2, 0) is 52.4 Å². The van der Waals surface area contributed by atoms with Crippen molar-refractivity contribution in [1.82, 2.24) is 19.4 Å². The molecule has 0 saturated carbocycles. The summed E-state index contributed by atoms with van der Waals surface area (Å²) >= 11 is 0. The van der Waals surface area contributed by atoms with E-state index in [1.807, 2.05) is 41.4 Å². The molecule has 0 unspecified atom stereocenters. The van der Waals surface area contributed by atoms with Crippen LogP contribution in [0.2, 0.25) is 0 Å². The van der Waals surface area contributed by atoms with E-state index in [1.54, 1.807) is 11.6 Å². The Morgan fingerprint density at radius 3 is 2.76 bits per heavy atom. The van der Waals surface area contributed by atoms with E-state index in [0.717, 1.165) is 72.8 Å². The molecule has 0 radical (unpaired) electrons. The average Bonchev–Trinajstić information content (AvgIpc) is 3.39. The van der Waals surface area contributed by atoms with Gasteiger partial charge in [0.15, 0.2) is 0 Å². The first kappa shape index (κ1) is 25.9. The number of carbonyl (C=O) groups is 1. The van der Waals surface area contributed by atoms with Gasteiger partial charge >= 0.3 is 0 Å². The van der Waals surface area contributed by atoms with Gasteiger partial charge in [0, 0.05) is 80.5 Å². The van der Waals surface area contributed by atoms with Gasteiger partial charge in [-0.05, 0) is 72.2 Å². The molecule has 1 aromatic carbocycles. The minimum Gasteiger partial charge on any atom is -0.392 e. The number of nitrogens with zero attached hydrogens (tertiary/aromatic N) is 4. The molecule has 3 aromatic heterocycles. The number of aliphatic hydroxyl groups excluding tert-OH is 1. The lowest BCUT2D eigenvalue weighted by Crippen LogP contribution is -2.41. The topological polar surface area (TPSA) is 92.4 Å². The molecule has 1 amide bonds. The molecular formula is C33H35N5O3. The third kappa shape index (κ3) is 4.51. The van der Waals surface area contributed by atoms with E-state index >= 15 is 0 Å². The molecule has 2 N–H and O–H groups in total. The number of aryl methyl sites for hydroxylation is 2. The van der Waals surface area contributed by atoms with Crippen LogP contribution in [0.4, 0.5) is 5.69 Å². The first-order valence-corrected chi connectivity index (χ1v) is 14.7. The quantitative estimate of drug-likeness (QED) is 0.398. The second-order valence-corrected chi connectivity index (χ2v) is 11.5. The molecule has 0 fully saturated rings. The molecule has 210 valence electrons. The summed E-state index contributed by atoms with van der Waals surface area (Å²) in [6.45, 7) is 2.83. The van der Waals surface area contributed by atoms with Crippen LogP contribution in [-0.4, -0.2) is 38.2 Å². The van der Waals surface area contributed by atoms with Crippen LogP contribution < -0.4 is 15.8 Å². The van der Waals surface area contributed by atoms with Crippen molar-refractivity contribution in [2.75, 3.05) is 18.0 Å². The lowest BCUT2D eigenvalue weighted by atomic mass is 9.96. The molecular weight excluding hydrogens is 514 g/mol. The summed E-state index contributed by atoms with van der Waals surface area (Å²) in [5, 5.41) is 14.0. The molecule has 7 rings (SSSR count). The maximum atomic E-state index is 13.8. The molecule has 0 saturated heterocycles. The van der Waals surface area contributed by atoms with Crippen molar-refractivity contribution in [3.05, 3.63) is 104 Å². The van der Waals surface area contributed by atoms with Gasteiger partial charge in [0.2, 0.25) is 0 Å². The molecule has 41 heavy (non-hydrogen) atoms. The van der Waals surface area contributed by atoms with Crippen LogP contribution in [0.25, 0.3) is 11.1 Å². The first-order valence-electron chi connectivity index (χ1n) is 14.7. The van der Waals surface area contributed by atoms with Crippen molar-refractivity contribution in [2.45, 2.75) is 58.2 Å². The minimum atomic E-state index is -0.217. The summed E-state index contributed by atoms with van der Waals surface area (Å²) in [5.41, 5.74) is 10.2. The van der Waals surface area contributed by atoms with Crippen molar-refractivity contribution in [1.29, 1.82) is 0 Å². The maximum Gasteiger partial charge on any atom is 0.274 e. The zero-order chi connectivity index (χ0) is 28.1. The largest absolute Gasteiger partial charge is 0.392 e. The Kier molecular flexibility index (Phi) is 6.60. The number of benzene rings is 1. The number of pyridine rings is 2. The lowest BCUT2D eigenvalue weighted by molar-refractivity contribution is 0.0964. The van der Waals surface area contributed by atoms with Gasteiger partial charge in [0.25, 0.3) is 11.5 Å². The van der Waals surface area contributed by atoms with E-state index < -0.39 is 0 Å². The smallest absolute Gasteiger partial charge is 0.274 e. The van der Waals surface area contributed by atoms with Crippen LogP contribution in [0.15, 0.2) is 53.5 Å². The van der Waals surface area contributed by atoms with Crippen molar-refractivity contribution >= 4 is 11.6 Å². The molecule has 3 aliphatic rings. The third-order valence-corrected chi connectivity index (χ3v) is 8.94. The number of aliphatic hydroxyl groups is 1. The standard InChI is InChI=1S/C33H35N5O3/c1-36-19-24(15-23(32(36)40)16-25-10-9-22-18-34-12-11-28(22)35-25)26-6-4-8-30(27(26)20-39)38-14-13-37-29-7-3-2-5-21(29)17-31(37)33(38)41/h4,6,8-10,15,17,19,34,39H,2-3,5,7,11-14,16,18,20H2,1H3. The van der Waals surface area contributed by atoms with Crippen LogP contribution in [0, 0.1) is 0 Å². The van der Waals surface area contributed by atoms with E-state index in [0.29, 0.717) is 24.1 Å². The summed E-state index contributed by atoms with van der Waals surface area (Å²) in [6.07, 6.45) is 7.55. The molecule has 0 spiro atoms. The number of aromatic nitrogens is 3. The summed E-state index contributed by atoms with van der Waals surface area (Å²) in [4.78, 5) is 33.6. The van der Waals surface area contributed by atoms with Crippen molar-refractivity contribution in [3.63, 3.8) is 0 Å². The molecule has 4 aromatic rings. The average molecular weight is 550 g/mol. The molecule has 0 atom stereocenters. The van der Waals surface area contributed by atoms with Gasteiger partial charge in [-0.2, -0.15) is 0 Å². The lowest BCUT2D eigenvalue weighted by Gasteiger charge is -2.31. The number of amides is 1. The van der Waals surface area contributed by atoms with Gasteiger partial charge in [0.1, 0.15) is 5.69 Å². The second kappa shape index (κ2) is 10.4. The highest BCUT2D eigenvalue weighted by Gasteiger charge is 2.31. The van der Waals surface area contributed by atoms with E-state index in [1.165, 1.54) is 29.7 Å². The van der Waals surface area contributed by atoms with Gasteiger partial charge in [-0.3, -0.25) is 14.6 Å². The fourth-order valence-corrected chi connectivity index (χ4v) is 6.86. The first-order chi connectivity index (χ1) is 20.0. The fraction of sp³-hybridized carbons (Fsp3) is 0.364. The van der Waals surface area contributed by atoms with Crippen LogP contribution >= 0.6 is 0 Å². The number of hydrogen-bond acceptors (Lipinski definition) is 5. The maximum absolute atomic E-state index is 13.8. The summed E-state index contributed by atoms with van der Waals surface area (Å²) in [7, 11) is 1.76. The Hall–Kier alpha value is -4.01. The number of carbonyl (C=O) groups excluding carboxylic acids is 1. The summed E-state index contributed by atoms with van der Waals surface area (Å²) in [6, 6.07) is 13.9. The molecule has 2 aliphatic heterocycles.